The van der Waals surface area contributed by atoms with Crippen LogP contribution in [0.25, 0.3) is 0 Å². The molecule has 3 rings (SSSR count). The number of nitrogens with one attached hydrogen (secondary N) is 1. The summed E-state index contributed by atoms with van der Waals surface area (Å²) in [5, 5.41) is 0. The van der Waals surface area contributed by atoms with E-state index in [1.807, 2.05) is 20.8 Å². The van der Waals surface area contributed by atoms with Gasteiger partial charge in [0.2, 0.25) is 10.0 Å². The van der Waals surface area contributed by atoms with E-state index in [2.05, 4.69) is 32.8 Å². The fraction of sp³-hybridized carbons (Fsp3) is 0.625. The van der Waals surface area contributed by atoms with Crippen LogP contribution in [0.1, 0.15) is 59.3 Å². The molecule has 1 N–H and O–H groups in total. The lowest BCUT2D eigenvalue weighted by molar-refractivity contribution is -0.154. The Morgan fingerprint density at radius 3 is 2.55 bits per heavy atom. The fourth-order valence-corrected chi connectivity index (χ4v) is 6.31. The number of hydrogen-bond acceptors (Lipinski definition) is 4. The quantitative estimate of drug-likeness (QED) is 0.271. The summed E-state index contributed by atoms with van der Waals surface area (Å²) < 4.78 is 34.4. The van der Waals surface area contributed by atoms with E-state index in [1.54, 1.807) is 24.3 Å². The standard InChI is InChI=1S/C24H34BrNO4S/c1-24(2,3)30-23(27)8-6-4-5-7-21-17-9-10-18(15-17)22(21)16-26-31(28,29)20-13-11-19(25)12-14-20/h5,7,11-14,17-18,21-22,26H,4,6,8-10,15-16H2,1-3H3/b7-5-. The summed E-state index contributed by atoms with van der Waals surface area (Å²) in [4.78, 5) is 12.1. The van der Waals surface area contributed by atoms with Crippen LogP contribution in [0.4, 0.5) is 0 Å². The third-order valence-corrected chi connectivity index (χ3v) is 8.29. The minimum absolute atomic E-state index is 0.152. The molecule has 2 aliphatic rings. The van der Waals surface area contributed by atoms with E-state index in [-0.39, 0.29) is 5.97 Å². The second-order valence-electron chi connectivity index (χ2n) is 9.79. The Morgan fingerprint density at radius 2 is 1.87 bits per heavy atom. The van der Waals surface area contributed by atoms with Crippen molar-refractivity contribution < 1.29 is 17.9 Å². The Morgan fingerprint density at radius 1 is 1.19 bits per heavy atom. The first-order valence-electron chi connectivity index (χ1n) is 11.2. The number of carbonyl (C=O) groups is 1. The van der Waals surface area contributed by atoms with E-state index in [9.17, 15) is 13.2 Å². The molecule has 4 unspecified atom stereocenters. The largest absolute Gasteiger partial charge is 0.460 e. The first-order chi connectivity index (χ1) is 14.5. The molecule has 0 saturated heterocycles. The molecular formula is C24H34BrNO4S. The van der Waals surface area contributed by atoms with Crippen molar-refractivity contribution in [3.05, 3.63) is 40.9 Å². The van der Waals surface area contributed by atoms with E-state index >= 15 is 0 Å². The van der Waals surface area contributed by atoms with Crippen LogP contribution in [0.15, 0.2) is 45.8 Å². The molecule has 5 nitrogen and oxygen atoms in total. The van der Waals surface area contributed by atoms with Gasteiger partial charge in [-0.3, -0.25) is 4.79 Å². The van der Waals surface area contributed by atoms with Crippen LogP contribution in [-0.2, 0) is 19.6 Å². The highest BCUT2D eigenvalue weighted by Gasteiger charge is 2.46. The monoisotopic (exact) mass is 511 g/mol. The number of fused-ring (bicyclic) bond motifs is 2. The van der Waals surface area contributed by atoms with Gasteiger partial charge < -0.3 is 4.74 Å². The average Bonchev–Trinajstić information content (AvgIpc) is 3.27. The summed E-state index contributed by atoms with van der Waals surface area (Å²) in [6, 6.07) is 6.73. The zero-order valence-corrected chi connectivity index (χ0v) is 21.0. The maximum atomic E-state index is 12.7. The van der Waals surface area contributed by atoms with Crippen LogP contribution in [0.2, 0.25) is 0 Å². The van der Waals surface area contributed by atoms with Crippen LogP contribution in [0.5, 0.6) is 0 Å². The smallest absolute Gasteiger partial charge is 0.306 e. The molecule has 1 aromatic rings. The summed E-state index contributed by atoms with van der Waals surface area (Å²) in [5.41, 5.74) is -0.438. The SMILES string of the molecule is CC(C)(C)OC(=O)CCC/C=C\C1C2CCC(C2)C1CNS(=O)(=O)c1ccc(Br)cc1. The Balaban J connectivity index is 1.51. The van der Waals surface area contributed by atoms with E-state index in [0.29, 0.717) is 41.5 Å². The molecular weight excluding hydrogens is 478 g/mol. The van der Waals surface area contributed by atoms with Gasteiger partial charge >= 0.3 is 5.97 Å². The molecule has 0 spiro atoms. The van der Waals surface area contributed by atoms with E-state index in [0.717, 1.165) is 17.3 Å². The highest BCUT2D eigenvalue weighted by Crippen LogP contribution is 2.52. The number of esters is 1. The van der Waals surface area contributed by atoms with Crippen LogP contribution in [-0.4, -0.2) is 26.5 Å². The summed E-state index contributed by atoms with van der Waals surface area (Å²) >= 11 is 3.34. The second-order valence-corrected chi connectivity index (χ2v) is 12.5. The molecule has 1 aromatic carbocycles. The Kier molecular flexibility index (Phi) is 8.03. The zero-order chi connectivity index (χ0) is 22.6. The lowest BCUT2D eigenvalue weighted by atomic mass is 9.79. The van der Waals surface area contributed by atoms with Gasteiger partial charge in [-0.1, -0.05) is 28.1 Å². The molecule has 0 aliphatic heterocycles. The van der Waals surface area contributed by atoms with Gasteiger partial charge in [-0.25, -0.2) is 13.1 Å². The molecule has 7 heteroatoms. The predicted octanol–water partition coefficient (Wildman–Crippen LogP) is 5.46. The van der Waals surface area contributed by atoms with Crippen molar-refractivity contribution in [2.45, 2.75) is 69.8 Å². The number of sulfonamides is 1. The number of benzene rings is 1. The van der Waals surface area contributed by atoms with Crippen molar-refractivity contribution in [1.82, 2.24) is 4.72 Å². The molecule has 2 saturated carbocycles. The van der Waals surface area contributed by atoms with Gasteiger partial charge in [0.25, 0.3) is 0 Å². The highest BCUT2D eigenvalue weighted by molar-refractivity contribution is 9.10. The Hall–Kier alpha value is -1.18. The average molecular weight is 513 g/mol. The summed E-state index contributed by atoms with van der Waals surface area (Å²) in [7, 11) is -3.50. The van der Waals surface area contributed by atoms with Crippen molar-refractivity contribution >= 4 is 31.9 Å². The van der Waals surface area contributed by atoms with Gasteiger partial charge in [0.15, 0.2) is 0 Å². The molecule has 0 amide bonds. The lowest BCUT2D eigenvalue weighted by Crippen LogP contribution is -2.35. The highest BCUT2D eigenvalue weighted by atomic mass is 79.9. The number of ether oxygens (including phenoxy) is 1. The maximum Gasteiger partial charge on any atom is 0.306 e. The number of allylic oxidation sites excluding steroid dienone is 2. The normalized spacial score (nSPS) is 25.9. The van der Waals surface area contributed by atoms with Crippen molar-refractivity contribution in [3.63, 3.8) is 0 Å². The van der Waals surface area contributed by atoms with Gasteiger partial charge in [0.05, 0.1) is 4.90 Å². The number of carbonyl (C=O) groups excluding carboxylic acids is 1. The van der Waals surface area contributed by atoms with Crippen molar-refractivity contribution in [3.8, 4) is 0 Å². The topological polar surface area (TPSA) is 72.5 Å². The number of halogens is 1. The molecule has 4 atom stereocenters. The third-order valence-electron chi connectivity index (χ3n) is 6.32. The van der Waals surface area contributed by atoms with Crippen molar-refractivity contribution in [2.75, 3.05) is 6.54 Å². The number of hydrogen-bond donors (Lipinski definition) is 1. The molecule has 0 heterocycles. The Labute approximate surface area is 195 Å². The minimum Gasteiger partial charge on any atom is -0.460 e. The molecule has 0 radical (unpaired) electrons. The molecule has 2 aliphatic carbocycles. The fourth-order valence-electron chi connectivity index (χ4n) is 4.97. The van der Waals surface area contributed by atoms with Crippen molar-refractivity contribution in [2.24, 2.45) is 23.7 Å². The first-order valence-corrected chi connectivity index (χ1v) is 13.5. The summed E-state index contributed by atoms with van der Waals surface area (Å²) in [6.07, 6.45) is 10.1. The van der Waals surface area contributed by atoms with Crippen LogP contribution in [0.3, 0.4) is 0 Å². The van der Waals surface area contributed by atoms with Gasteiger partial charge in [0, 0.05) is 17.4 Å². The molecule has 2 bridgehead atoms. The molecule has 2 fully saturated rings. The minimum atomic E-state index is -3.50. The molecule has 0 aromatic heterocycles. The lowest BCUT2D eigenvalue weighted by Gasteiger charge is -2.29. The van der Waals surface area contributed by atoms with E-state index < -0.39 is 15.6 Å². The predicted molar refractivity (Wildman–Crippen MR) is 126 cm³/mol. The molecule has 31 heavy (non-hydrogen) atoms. The zero-order valence-electron chi connectivity index (χ0n) is 18.6. The molecule has 172 valence electrons. The van der Waals surface area contributed by atoms with Gasteiger partial charge in [-0.2, -0.15) is 0 Å². The van der Waals surface area contributed by atoms with E-state index in [1.165, 1.54) is 19.3 Å². The summed E-state index contributed by atoms with van der Waals surface area (Å²) in [6.45, 7) is 6.12. The number of rotatable bonds is 9. The third kappa shape index (κ3) is 6.90. The number of unbranched alkanes of at least 4 members (excludes halogenated alkanes) is 1. The van der Waals surface area contributed by atoms with Gasteiger partial charge in [-0.05, 0) is 101 Å². The van der Waals surface area contributed by atoms with Crippen LogP contribution >= 0.6 is 15.9 Å². The maximum absolute atomic E-state index is 12.7. The van der Waals surface area contributed by atoms with Crippen LogP contribution < -0.4 is 4.72 Å². The van der Waals surface area contributed by atoms with Crippen molar-refractivity contribution in [1.29, 1.82) is 0 Å². The van der Waals surface area contributed by atoms with E-state index in [4.69, 9.17) is 4.74 Å². The first kappa shape index (κ1) is 24.5. The summed E-state index contributed by atoms with van der Waals surface area (Å²) in [5.74, 6) is 1.84. The second kappa shape index (κ2) is 10.2. The van der Waals surface area contributed by atoms with Crippen LogP contribution in [0, 0.1) is 23.7 Å². The van der Waals surface area contributed by atoms with Gasteiger partial charge in [0.1, 0.15) is 5.60 Å². The van der Waals surface area contributed by atoms with Gasteiger partial charge in [-0.15, -0.1) is 0 Å². The Bertz CT molecular complexity index is 889.